The summed E-state index contributed by atoms with van der Waals surface area (Å²) < 4.78 is 10.0. The Morgan fingerprint density at radius 1 is 1.12 bits per heavy atom. The molecule has 1 N–H and O–H groups in total. The number of carbonyl (C=O) groups excluding carboxylic acids is 2. The predicted molar refractivity (Wildman–Crippen MR) is 99.8 cm³/mol. The van der Waals surface area contributed by atoms with E-state index in [9.17, 15) is 9.59 Å². The van der Waals surface area contributed by atoms with E-state index in [4.69, 9.17) is 32.7 Å². The molecule has 2 aromatic carbocycles. The molecule has 2 aromatic rings. The summed E-state index contributed by atoms with van der Waals surface area (Å²) in [7, 11) is 1.59. The molecule has 0 radical (unpaired) electrons. The normalized spacial score (nSPS) is 10.2. The van der Waals surface area contributed by atoms with E-state index in [0.29, 0.717) is 15.7 Å². The molecule has 0 bridgehead atoms. The molecule has 25 heavy (non-hydrogen) atoms. The Balaban J connectivity index is 1.74. The molecular formula is C17H15Cl2NO4S. The molecule has 0 atom stereocenters. The van der Waals surface area contributed by atoms with E-state index in [1.807, 2.05) is 12.1 Å². The van der Waals surface area contributed by atoms with Gasteiger partial charge in [-0.05, 0) is 42.5 Å². The lowest BCUT2D eigenvalue weighted by Gasteiger charge is -2.08. The summed E-state index contributed by atoms with van der Waals surface area (Å²) >= 11 is 13.0. The van der Waals surface area contributed by atoms with Crippen molar-refractivity contribution in [3.63, 3.8) is 0 Å². The van der Waals surface area contributed by atoms with Crippen LogP contribution in [0.5, 0.6) is 5.75 Å². The molecule has 8 heteroatoms. The van der Waals surface area contributed by atoms with Crippen molar-refractivity contribution < 1.29 is 19.1 Å². The van der Waals surface area contributed by atoms with Gasteiger partial charge in [-0.3, -0.25) is 9.59 Å². The Kier molecular flexibility index (Phi) is 7.43. The monoisotopic (exact) mass is 399 g/mol. The average Bonchev–Trinajstić information content (AvgIpc) is 2.61. The molecule has 2 rings (SSSR count). The van der Waals surface area contributed by atoms with E-state index in [1.165, 1.54) is 17.8 Å². The highest BCUT2D eigenvalue weighted by molar-refractivity contribution is 8.00. The number of hydrogen-bond acceptors (Lipinski definition) is 5. The van der Waals surface area contributed by atoms with Crippen LogP contribution in [-0.2, 0) is 14.3 Å². The molecule has 0 aliphatic heterocycles. The molecule has 5 nitrogen and oxygen atoms in total. The van der Waals surface area contributed by atoms with E-state index in [2.05, 4.69) is 5.32 Å². The minimum Gasteiger partial charge on any atom is -0.497 e. The first-order valence-corrected chi connectivity index (χ1v) is 8.89. The largest absolute Gasteiger partial charge is 0.497 e. The lowest BCUT2D eigenvalue weighted by atomic mass is 10.3. The molecule has 1 amide bonds. The van der Waals surface area contributed by atoms with Crippen LogP contribution in [0, 0.1) is 0 Å². The van der Waals surface area contributed by atoms with Gasteiger partial charge in [-0.1, -0.05) is 23.2 Å². The quantitative estimate of drug-likeness (QED) is 0.555. The third-order valence-corrected chi connectivity index (χ3v) is 4.52. The molecule has 0 aromatic heterocycles. The van der Waals surface area contributed by atoms with Crippen molar-refractivity contribution >= 4 is 52.5 Å². The van der Waals surface area contributed by atoms with E-state index in [0.717, 1.165) is 10.6 Å². The van der Waals surface area contributed by atoms with Crippen LogP contribution in [0.4, 0.5) is 5.69 Å². The first-order valence-electron chi connectivity index (χ1n) is 7.15. The summed E-state index contributed by atoms with van der Waals surface area (Å²) in [5.41, 5.74) is 0.403. The second-order valence-corrected chi connectivity index (χ2v) is 6.69. The van der Waals surface area contributed by atoms with Crippen molar-refractivity contribution in [3.8, 4) is 5.75 Å². The fourth-order valence-corrected chi connectivity index (χ4v) is 2.93. The second-order valence-electron chi connectivity index (χ2n) is 4.80. The number of methoxy groups -OCH3 is 1. The molecule has 0 aliphatic rings. The SMILES string of the molecule is COc1ccc(SCC(=O)OCC(=O)Nc2ccc(Cl)cc2Cl)cc1. The average molecular weight is 400 g/mol. The molecule has 0 unspecified atom stereocenters. The van der Waals surface area contributed by atoms with Gasteiger partial charge in [0, 0.05) is 9.92 Å². The molecule has 0 fully saturated rings. The zero-order valence-corrected chi connectivity index (χ0v) is 15.6. The van der Waals surface area contributed by atoms with Gasteiger partial charge >= 0.3 is 5.97 Å². The fourth-order valence-electron chi connectivity index (χ4n) is 1.78. The van der Waals surface area contributed by atoms with Crippen molar-refractivity contribution in [1.82, 2.24) is 0 Å². The van der Waals surface area contributed by atoms with Crippen LogP contribution >= 0.6 is 35.0 Å². The van der Waals surface area contributed by atoms with Gasteiger partial charge in [-0.15, -0.1) is 11.8 Å². The van der Waals surface area contributed by atoms with Crippen molar-refractivity contribution in [1.29, 1.82) is 0 Å². The summed E-state index contributed by atoms with van der Waals surface area (Å²) in [4.78, 5) is 24.4. The number of anilines is 1. The van der Waals surface area contributed by atoms with Crippen molar-refractivity contribution in [2.24, 2.45) is 0 Å². The van der Waals surface area contributed by atoms with Gasteiger partial charge in [0.25, 0.3) is 5.91 Å². The maximum atomic E-state index is 11.8. The number of benzene rings is 2. The van der Waals surface area contributed by atoms with E-state index in [-0.39, 0.29) is 12.4 Å². The molecular weight excluding hydrogens is 385 g/mol. The number of rotatable bonds is 7. The Bertz CT molecular complexity index is 753. The lowest BCUT2D eigenvalue weighted by Crippen LogP contribution is -2.21. The third-order valence-electron chi connectivity index (χ3n) is 2.99. The summed E-state index contributed by atoms with van der Waals surface area (Å²) in [5, 5.41) is 3.32. The highest BCUT2D eigenvalue weighted by atomic mass is 35.5. The minimum atomic E-state index is -0.488. The van der Waals surface area contributed by atoms with Gasteiger partial charge in [0.15, 0.2) is 6.61 Å². The molecule has 0 saturated heterocycles. The van der Waals surface area contributed by atoms with E-state index >= 15 is 0 Å². The van der Waals surface area contributed by atoms with Crippen molar-refractivity contribution in [3.05, 3.63) is 52.5 Å². The number of hydrogen-bond donors (Lipinski definition) is 1. The van der Waals surface area contributed by atoms with Gasteiger partial charge in [0.05, 0.1) is 23.6 Å². The highest BCUT2D eigenvalue weighted by Gasteiger charge is 2.10. The van der Waals surface area contributed by atoms with Crippen LogP contribution in [0.25, 0.3) is 0 Å². The highest BCUT2D eigenvalue weighted by Crippen LogP contribution is 2.25. The lowest BCUT2D eigenvalue weighted by molar-refractivity contribution is -0.144. The summed E-state index contributed by atoms with van der Waals surface area (Å²) in [6, 6.07) is 12.0. The third kappa shape index (κ3) is 6.49. The van der Waals surface area contributed by atoms with Gasteiger partial charge < -0.3 is 14.8 Å². The second kappa shape index (κ2) is 9.56. The summed E-state index contributed by atoms with van der Waals surface area (Å²) in [6.07, 6.45) is 0. The molecule has 0 aliphatic carbocycles. The molecule has 0 saturated carbocycles. The zero-order valence-electron chi connectivity index (χ0n) is 13.3. The van der Waals surface area contributed by atoms with Crippen molar-refractivity contribution in [2.75, 3.05) is 24.8 Å². The minimum absolute atomic E-state index is 0.0985. The van der Waals surface area contributed by atoms with Gasteiger partial charge in [-0.25, -0.2) is 0 Å². The first-order chi connectivity index (χ1) is 12.0. The Labute approximate surface area is 159 Å². The van der Waals surface area contributed by atoms with Crippen LogP contribution in [0.15, 0.2) is 47.4 Å². The molecule has 0 heterocycles. The topological polar surface area (TPSA) is 64.6 Å². The Morgan fingerprint density at radius 2 is 1.84 bits per heavy atom. The van der Waals surface area contributed by atoms with Gasteiger partial charge in [-0.2, -0.15) is 0 Å². The molecule has 0 spiro atoms. The summed E-state index contributed by atoms with van der Waals surface area (Å²) in [6.45, 7) is -0.388. The zero-order chi connectivity index (χ0) is 18.2. The van der Waals surface area contributed by atoms with Gasteiger partial charge in [0.2, 0.25) is 0 Å². The first kappa shape index (κ1) is 19.4. The summed E-state index contributed by atoms with van der Waals surface area (Å²) in [5.74, 6) is -0.129. The van der Waals surface area contributed by atoms with E-state index < -0.39 is 11.9 Å². The van der Waals surface area contributed by atoms with Crippen LogP contribution in [0.3, 0.4) is 0 Å². The number of esters is 1. The Hall–Kier alpha value is -1.89. The molecule has 132 valence electrons. The maximum absolute atomic E-state index is 11.8. The predicted octanol–water partition coefficient (Wildman–Crippen LogP) is 4.28. The van der Waals surface area contributed by atoms with Crippen LogP contribution in [-0.4, -0.2) is 31.3 Å². The van der Waals surface area contributed by atoms with Crippen molar-refractivity contribution in [2.45, 2.75) is 4.90 Å². The number of ether oxygens (including phenoxy) is 2. The number of thioether (sulfide) groups is 1. The number of carbonyl (C=O) groups is 2. The van der Waals surface area contributed by atoms with E-state index in [1.54, 1.807) is 31.4 Å². The smallest absolute Gasteiger partial charge is 0.316 e. The number of amides is 1. The van der Waals surface area contributed by atoms with Crippen LogP contribution < -0.4 is 10.1 Å². The maximum Gasteiger partial charge on any atom is 0.316 e. The van der Waals surface area contributed by atoms with Gasteiger partial charge in [0.1, 0.15) is 5.75 Å². The standard InChI is InChI=1S/C17H15Cl2NO4S/c1-23-12-3-5-13(6-4-12)25-10-17(22)24-9-16(21)20-15-7-2-11(18)8-14(15)19/h2-8H,9-10H2,1H3,(H,20,21). The van der Waals surface area contributed by atoms with Crippen LogP contribution in [0.2, 0.25) is 10.0 Å². The number of nitrogens with one attached hydrogen (secondary N) is 1. The fraction of sp³-hybridized carbons (Fsp3) is 0.176. The van der Waals surface area contributed by atoms with Crippen LogP contribution in [0.1, 0.15) is 0 Å². The number of halogens is 2. The Morgan fingerprint density at radius 3 is 2.48 bits per heavy atom.